The van der Waals surface area contributed by atoms with E-state index in [9.17, 15) is 4.79 Å². The number of hydrogen-bond acceptors (Lipinski definition) is 2. The van der Waals surface area contributed by atoms with Crippen LogP contribution >= 0.6 is 0 Å². The molecule has 3 nitrogen and oxygen atoms in total. The summed E-state index contributed by atoms with van der Waals surface area (Å²) in [6.07, 6.45) is 0. The monoisotopic (exact) mass is 244 g/mol. The van der Waals surface area contributed by atoms with Crippen molar-refractivity contribution in [1.82, 2.24) is 10.2 Å². The van der Waals surface area contributed by atoms with Crippen molar-refractivity contribution in [2.75, 3.05) is 26.2 Å². The molecule has 96 valence electrons. The highest BCUT2D eigenvalue weighted by Crippen LogP contribution is 2.28. The van der Waals surface area contributed by atoms with Gasteiger partial charge in [-0.05, 0) is 37.3 Å². The lowest BCUT2D eigenvalue weighted by atomic mass is 10.0. The summed E-state index contributed by atoms with van der Waals surface area (Å²) < 4.78 is 0. The Bertz CT molecular complexity index is 471. The van der Waals surface area contributed by atoms with Crippen molar-refractivity contribution in [2.24, 2.45) is 11.8 Å². The van der Waals surface area contributed by atoms with Gasteiger partial charge in [0.1, 0.15) is 0 Å². The maximum absolute atomic E-state index is 12.6. The van der Waals surface area contributed by atoms with Crippen molar-refractivity contribution in [1.29, 1.82) is 0 Å². The molecule has 2 saturated heterocycles. The van der Waals surface area contributed by atoms with Crippen molar-refractivity contribution in [3.63, 3.8) is 0 Å². The Hall–Kier alpha value is -1.35. The second kappa shape index (κ2) is 4.39. The lowest BCUT2D eigenvalue weighted by Gasteiger charge is -2.19. The van der Waals surface area contributed by atoms with Gasteiger partial charge in [-0.15, -0.1) is 0 Å². The van der Waals surface area contributed by atoms with Crippen molar-refractivity contribution < 1.29 is 4.79 Å². The highest BCUT2D eigenvalue weighted by atomic mass is 16.2. The highest BCUT2D eigenvalue weighted by Gasteiger charge is 2.38. The number of amides is 1. The third-order valence-corrected chi connectivity index (χ3v) is 4.30. The van der Waals surface area contributed by atoms with Crippen LogP contribution in [0.5, 0.6) is 0 Å². The smallest absolute Gasteiger partial charge is 0.254 e. The average Bonchev–Trinajstić information content (AvgIpc) is 2.91. The Labute approximate surface area is 108 Å². The Morgan fingerprint density at radius 2 is 1.89 bits per heavy atom. The summed E-state index contributed by atoms with van der Waals surface area (Å²) in [6.45, 7) is 8.04. The van der Waals surface area contributed by atoms with Crippen molar-refractivity contribution in [2.45, 2.75) is 13.8 Å². The van der Waals surface area contributed by atoms with Gasteiger partial charge in [-0.25, -0.2) is 0 Å². The minimum atomic E-state index is 0.214. The van der Waals surface area contributed by atoms with Gasteiger partial charge >= 0.3 is 0 Å². The average molecular weight is 244 g/mol. The van der Waals surface area contributed by atoms with E-state index in [2.05, 4.69) is 11.4 Å². The Balaban J connectivity index is 1.81. The fraction of sp³-hybridized carbons (Fsp3) is 0.533. The van der Waals surface area contributed by atoms with Gasteiger partial charge in [0, 0.05) is 31.7 Å². The maximum atomic E-state index is 12.6. The molecule has 2 heterocycles. The lowest BCUT2D eigenvalue weighted by molar-refractivity contribution is 0.0781. The predicted octanol–water partition coefficient (Wildman–Crippen LogP) is 1.59. The number of likely N-dealkylation sites (tertiary alicyclic amines) is 1. The molecule has 0 bridgehead atoms. The quantitative estimate of drug-likeness (QED) is 0.813. The van der Waals surface area contributed by atoms with Gasteiger partial charge in [0.15, 0.2) is 0 Å². The molecule has 0 aromatic heterocycles. The van der Waals surface area contributed by atoms with Gasteiger partial charge in [-0.3, -0.25) is 4.79 Å². The molecule has 2 unspecified atom stereocenters. The van der Waals surface area contributed by atoms with E-state index in [1.807, 2.05) is 30.9 Å². The number of benzene rings is 1. The van der Waals surface area contributed by atoms with Crippen LogP contribution in [0.1, 0.15) is 21.5 Å². The molecule has 2 atom stereocenters. The summed E-state index contributed by atoms with van der Waals surface area (Å²) in [5, 5.41) is 3.41. The molecule has 1 aromatic rings. The molecule has 1 aromatic carbocycles. The summed E-state index contributed by atoms with van der Waals surface area (Å²) >= 11 is 0. The van der Waals surface area contributed by atoms with Crippen LogP contribution in [0.3, 0.4) is 0 Å². The van der Waals surface area contributed by atoms with Gasteiger partial charge in [0.2, 0.25) is 0 Å². The second-order valence-corrected chi connectivity index (χ2v) is 5.71. The third-order valence-electron chi connectivity index (χ3n) is 4.30. The molecule has 0 radical (unpaired) electrons. The van der Waals surface area contributed by atoms with Gasteiger partial charge in [0.05, 0.1) is 0 Å². The lowest BCUT2D eigenvalue weighted by Crippen LogP contribution is -2.32. The number of rotatable bonds is 1. The largest absolute Gasteiger partial charge is 0.338 e. The minimum Gasteiger partial charge on any atom is -0.338 e. The topological polar surface area (TPSA) is 32.3 Å². The summed E-state index contributed by atoms with van der Waals surface area (Å²) in [7, 11) is 0. The molecule has 3 rings (SSSR count). The number of nitrogens with one attached hydrogen (secondary N) is 1. The number of hydrogen-bond donors (Lipinski definition) is 1. The minimum absolute atomic E-state index is 0.214. The Morgan fingerprint density at radius 1 is 1.22 bits per heavy atom. The van der Waals surface area contributed by atoms with E-state index < -0.39 is 0 Å². The first-order valence-corrected chi connectivity index (χ1v) is 6.72. The normalized spacial score (nSPS) is 26.4. The van der Waals surface area contributed by atoms with Crippen LogP contribution in [0.25, 0.3) is 0 Å². The molecule has 0 saturated carbocycles. The van der Waals surface area contributed by atoms with E-state index in [1.54, 1.807) is 0 Å². The number of fused-ring (bicyclic) bond motifs is 1. The molecule has 3 heteroatoms. The zero-order valence-corrected chi connectivity index (χ0v) is 11.1. The standard InChI is InChI=1S/C15H20N2O/c1-10-3-4-11(2)14(5-10)15(18)17-8-12-6-16-7-13(12)9-17/h3-5,12-13,16H,6-9H2,1-2H3. The predicted molar refractivity (Wildman–Crippen MR) is 71.7 cm³/mol. The van der Waals surface area contributed by atoms with Gasteiger partial charge in [-0.1, -0.05) is 17.7 Å². The molecular weight excluding hydrogens is 224 g/mol. The first kappa shape index (κ1) is 11.7. The fourth-order valence-corrected chi connectivity index (χ4v) is 3.16. The third kappa shape index (κ3) is 1.93. The van der Waals surface area contributed by atoms with Crippen LogP contribution in [-0.4, -0.2) is 37.0 Å². The zero-order valence-electron chi connectivity index (χ0n) is 11.1. The van der Waals surface area contributed by atoms with Gasteiger partial charge in [-0.2, -0.15) is 0 Å². The number of carbonyl (C=O) groups excluding carboxylic acids is 1. The van der Waals surface area contributed by atoms with Gasteiger partial charge < -0.3 is 10.2 Å². The van der Waals surface area contributed by atoms with Crippen molar-refractivity contribution in [3.8, 4) is 0 Å². The molecule has 2 aliphatic heterocycles. The fourth-order valence-electron chi connectivity index (χ4n) is 3.16. The SMILES string of the molecule is Cc1ccc(C)c(C(=O)N2CC3CNCC3C2)c1. The van der Waals surface area contributed by atoms with Crippen LogP contribution in [0.15, 0.2) is 18.2 Å². The molecular formula is C15H20N2O. The molecule has 18 heavy (non-hydrogen) atoms. The van der Waals surface area contributed by atoms with Crippen molar-refractivity contribution >= 4 is 5.91 Å². The van der Waals surface area contributed by atoms with E-state index in [-0.39, 0.29) is 5.91 Å². The van der Waals surface area contributed by atoms with E-state index in [1.165, 1.54) is 0 Å². The molecule has 1 N–H and O–H groups in total. The molecule has 0 aliphatic carbocycles. The first-order chi connectivity index (χ1) is 8.65. The van der Waals surface area contributed by atoms with Gasteiger partial charge in [0.25, 0.3) is 5.91 Å². The first-order valence-electron chi connectivity index (χ1n) is 6.72. The number of aryl methyl sites for hydroxylation is 2. The molecule has 0 spiro atoms. The van der Waals surface area contributed by atoms with Crippen LogP contribution in [0.4, 0.5) is 0 Å². The zero-order chi connectivity index (χ0) is 12.7. The number of carbonyl (C=O) groups is 1. The van der Waals surface area contributed by atoms with Crippen LogP contribution < -0.4 is 5.32 Å². The molecule has 1 amide bonds. The molecule has 2 fully saturated rings. The Morgan fingerprint density at radius 3 is 2.56 bits per heavy atom. The van der Waals surface area contributed by atoms with Crippen LogP contribution in [0, 0.1) is 25.7 Å². The summed E-state index contributed by atoms with van der Waals surface area (Å²) in [4.78, 5) is 14.6. The number of nitrogens with zero attached hydrogens (tertiary/aromatic N) is 1. The van der Waals surface area contributed by atoms with E-state index in [0.717, 1.165) is 42.9 Å². The van der Waals surface area contributed by atoms with E-state index in [4.69, 9.17) is 0 Å². The highest BCUT2D eigenvalue weighted by molar-refractivity contribution is 5.96. The summed E-state index contributed by atoms with van der Waals surface area (Å²) in [6, 6.07) is 6.12. The van der Waals surface area contributed by atoms with Crippen molar-refractivity contribution in [3.05, 3.63) is 34.9 Å². The second-order valence-electron chi connectivity index (χ2n) is 5.71. The van der Waals surface area contributed by atoms with E-state index >= 15 is 0 Å². The molecule has 2 aliphatic rings. The summed E-state index contributed by atoms with van der Waals surface area (Å²) in [5.41, 5.74) is 3.12. The Kier molecular flexibility index (Phi) is 2.86. The van der Waals surface area contributed by atoms with Crippen LogP contribution in [0.2, 0.25) is 0 Å². The maximum Gasteiger partial charge on any atom is 0.254 e. The van der Waals surface area contributed by atoms with Crippen LogP contribution in [-0.2, 0) is 0 Å². The summed E-state index contributed by atoms with van der Waals surface area (Å²) in [5.74, 6) is 1.55. The van der Waals surface area contributed by atoms with E-state index in [0.29, 0.717) is 11.8 Å².